The Morgan fingerprint density at radius 3 is 2.45 bits per heavy atom. The van der Waals surface area contributed by atoms with Gasteiger partial charge in [0.2, 0.25) is 0 Å². The van der Waals surface area contributed by atoms with E-state index in [-0.39, 0.29) is 11.4 Å². The SMILES string of the molecule is O=[N+]([O-])c1ccc2oc3ccc(OS(=O)O)cc3c2c1. The number of nitro groups is 1. The molecule has 8 heteroatoms. The molecule has 0 spiro atoms. The van der Waals surface area contributed by atoms with Crippen LogP contribution in [0, 0.1) is 10.1 Å². The topological polar surface area (TPSA) is 103 Å². The standard InChI is InChI=1S/C12H7NO6S/c14-13(15)7-1-3-11-9(5-7)10-6-8(19-20(16)17)2-4-12(10)18-11/h1-6H,(H,16,17). The van der Waals surface area contributed by atoms with Crippen molar-refractivity contribution in [1.29, 1.82) is 0 Å². The second-order valence-electron chi connectivity index (χ2n) is 4.00. The number of rotatable bonds is 3. The zero-order chi connectivity index (χ0) is 14.3. The quantitative estimate of drug-likeness (QED) is 0.452. The van der Waals surface area contributed by atoms with Crippen LogP contribution in [0.5, 0.6) is 5.75 Å². The highest BCUT2D eigenvalue weighted by Gasteiger charge is 2.13. The fraction of sp³-hybridized carbons (Fsp3) is 0. The number of non-ortho nitro benzene ring substituents is 1. The van der Waals surface area contributed by atoms with Crippen molar-refractivity contribution in [1.82, 2.24) is 0 Å². The second-order valence-corrected chi connectivity index (χ2v) is 4.60. The third kappa shape index (κ3) is 2.10. The third-order valence-corrected chi connectivity index (χ3v) is 3.14. The van der Waals surface area contributed by atoms with Gasteiger partial charge in [0, 0.05) is 22.9 Å². The van der Waals surface area contributed by atoms with Gasteiger partial charge in [0.1, 0.15) is 16.9 Å². The van der Waals surface area contributed by atoms with Gasteiger partial charge < -0.3 is 8.60 Å². The Labute approximate surface area is 114 Å². The summed E-state index contributed by atoms with van der Waals surface area (Å²) >= 11 is -2.43. The molecule has 2 aromatic carbocycles. The Kier molecular flexibility index (Phi) is 2.88. The number of nitro benzene ring substituents is 1. The predicted molar refractivity (Wildman–Crippen MR) is 71.8 cm³/mol. The monoisotopic (exact) mass is 293 g/mol. The van der Waals surface area contributed by atoms with Crippen LogP contribution in [-0.4, -0.2) is 13.7 Å². The molecule has 1 atom stereocenters. The summed E-state index contributed by atoms with van der Waals surface area (Å²) in [5.41, 5.74) is 0.946. The van der Waals surface area contributed by atoms with Crippen LogP contribution < -0.4 is 4.18 Å². The number of hydrogen-bond acceptors (Lipinski definition) is 5. The van der Waals surface area contributed by atoms with Gasteiger partial charge in [0.05, 0.1) is 4.92 Å². The number of furan rings is 1. The minimum atomic E-state index is -2.43. The van der Waals surface area contributed by atoms with Crippen LogP contribution in [0.3, 0.4) is 0 Å². The molecule has 0 aliphatic carbocycles. The van der Waals surface area contributed by atoms with E-state index in [0.717, 1.165) is 0 Å². The summed E-state index contributed by atoms with van der Waals surface area (Å²) in [6.07, 6.45) is 0. The Morgan fingerprint density at radius 2 is 1.80 bits per heavy atom. The lowest BCUT2D eigenvalue weighted by atomic mass is 10.1. The van der Waals surface area contributed by atoms with E-state index in [1.807, 2.05) is 0 Å². The molecule has 3 rings (SSSR count). The first-order valence-electron chi connectivity index (χ1n) is 5.44. The fourth-order valence-corrected chi connectivity index (χ4v) is 2.26. The molecule has 1 unspecified atom stereocenters. The van der Waals surface area contributed by atoms with Crippen molar-refractivity contribution >= 4 is 39.0 Å². The molecule has 0 aliphatic rings. The van der Waals surface area contributed by atoms with Gasteiger partial charge >= 0.3 is 11.4 Å². The first-order chi connectivity index (χ1) is 9.54. The molecule has 7 nitrogen and oxygen atoms in total. The largest absolute Gasteiger partial charge is 0.456 e. The van der Waals surface area contributed by atoms with Gasteiger partial charge in [-0.05, 0) is 24.3 Å². The lowest BCUT2D eigenvalue weighted by Gasteiger charge is -1.98. The summed E-state index contributed by atoms with van der Waals surface area (Å²) in [4.78, 5) is 10.3. The van der Waals surface area contributed by atoms with Crippen LogP contribution in [0.15, 0.2) is 40.8 Å². The average molecular weight is 293 g/mol. The molecule has 0 aliphatic heterocycles. The molecule has 1 aromatic heterocycles. The Bertz CT molecular complexity index is 856. The molecule has 0 bridgehead atoms. The van der Waals surface area contributed by atoms with Gasteiger partial charge in [0.25, 0.3) is 5.69 Å². The van der Waals surface area contributed by atoms with Gasteiger partial charge in [-0.25, -0.2) is 0 Å². The average Bonchev–Trinajstić information content (AvgIpc) is 2.75. The fourth-order valence-electron chi connectivity index (χ4n) is 1.99. The van der Waals surface area contributed by atoms with Crippen molar-refractivity contribution in [2.75, 3.05) is 0 Å². The van der Waals surface area contributed by atoms with Gasteiger partial charge in [0.15, 0.2) is 0 Å². The molecule has 1 N–H and O–H groups in total. The maximum absolute atomic E-state index is 10.8. The minimum Gasteiger partial charge on any atom is -0.456 e. The first-order valence-corrected chi connectivity index (χ1v) is 6.47. The van der Waals surface area contributed by atoms with Crippen molar-refractivity contribution in [3.63, 3.8) is 0 Å². The van der Waals surface area contributed by atoms with Crippen LogP contribution >= 0.6 is 0 Å². The highest BCUT2D eigenvalue weighted by atomic mass is 32.2. The molecule has 0 saturated heterocycles. The highest BCUT2D eigenvalue weighted by molar-refractivity contribution is 7.74. The van der Waals surface area contributed by atoms with E-state index >= 15 is 0 Å². The summed E-state index contributed by atoms with van der Waals surface area (Å²) in [6, 6.07) is 8.81. The summed E-state index contributed by atoms with van der Waals surface area (Å²) < 4.78 is 29.5. The third-order valence-electron chi connectivity index (χ3n) is 2.80. The maximum atomic E-state index is 10.8. The lowest BCUT2D eigenvalue weighted by molar-refractivity contribution is -0.384. The van der Waals surface area contributed by atoms with E-state index in [1.165, 1.54) is 30.3 Å². The normalized spacial score (nSPS) is 12.7. The van der Waals surface area contributed by atoms with Gasteiger partial charge in [-0.1, -0.05) is 0 Å². The molecular weight excluding hydrogens is 286 g/mol. The zero-order valence-electron chi connectivity index (χ0n) is 9.81. The van der Waals surface area contributed by atoms with E-state index in [2.05, 4.69) is 4.18 Å². The van der Waals surface area contributed by atoms with Crippen LogP contribution in [0.4, 0.5) is 5.69 Å². The van der Waals surface area contributed by atoms with E-state index in [0.29, 0.717) is 21.9 Å². The second kappa shape index (κ2) is 4.58. The first kappa shape index (κ1) is 12.6. The van der Waals surface area contributed by atoms with Crippen molar-refractivity contribution in [3.8, 4) is 5.75 Å². The van der Waals surface area contributed by atoms with Gasteiger partial charge in [-0.3, -0.25) is 14.7 Å². The molecule has 102 valence electrons. The number of hydrogen-bond donors (Lipinski definition) is 1. The molecule has 0 amide bonds. The maximum Gasteiger partial charge on any atom is 0.357 e. The Balaban J connectivity index is 2.25. The smallest absolute Gasteiger partial charge is 0.357 e. The number of nitrogens with zero attached hydrogens (tertiary/aromatic N) is 1. The molecule has 3 aromatic rings. The van der Waals surface area contributed by atoms with E-state index in [9.17, 15) is 14.3 Å². The zero-order valence-corrected chi connectivity index (χ0v) is 10.6. The molecule has 20 heavy (non-hydrogen) atoms. The van der Waals surface area contributed by atoms with Crippen molar-refractivity contribution in [2.24, 2.45) is 0 Å². The number of benzene rings is 2. The molecule has 0 saturated carbocycles. The Morgan fingerprint density at radius 1 is 1.15 bits per heavy atom. The highest BCUT2D eigenvalue weighted by Crippen LogP contribution is 2.33. The molecule has 0 radical (unpaired) electrons. The van der Waals surface area contributed by atoms with Crippen LogP contribution in [0.1, 0.15) is 0 Å². The van der Waals surface area contributed by atoms with E-state index in [4.69, 9.17) is 8.97 Å². The van der Waals surface area contributed by atoms with E-state index < -0.39 is 16.3 Å². The van der Waals surface area contributed by atoms with Crippen LogP contribution in [-0.2, 0) is 11.4 Å². The summed E-state index contributed by atoms with van der Waals surface area (Å²) in [7, 11) is 0. The van der Waals surface area contributed by atoms with Crippen molar-refractivity contribution in [3.05, 3.63) is 46.5 Å². The molecule has 1 heterocycles. The van der Waals surface area contributed by atoms with Crippen LogP contribution in [0.2, 0.25) is 0 Å². The summed E-state index contributed by atoms with van der Waals surface area (Å²) in [6.45, 7) is 0. The minimum absolute atomic E-state index is 0.0581. The van der Waals surface area contributed by atoms with Crippen molar-refractivity contribution in [2.45, 2.75) is 0 Å². The molecular formula is C12H7NO6S. The van der Waals surface area contributed by atoms with Crippen molar-refractivity contribution < 1.29 is 22.3 Å². The number of fused-ring (bicyclic) bond motifs is 3. The van der Waals surface area contributed by atoms with Crippen LogP contribution in [0.25, 0.3) is 21.9 Å². The summed E-state index contributed by atoms with van der Waals surface area (Å²) in [5.74, 6) is 0.174. The van der Waals surface area contributed by atoms with E-state index in [1.54, 1.807) is 6.07 Å². The van der Waals surface area contributed by atoms with Gasteiger partial charge in [-0.2, -0.15) is 4.21 Å². The molecule has 0 fully saturated rings. The summed E-state index contributed by atoms with van der Waals surface area (Å²) in [5, 5.41) is 11.9. The predicted octanol–water partition coefficient (Wildman–Crippen LogP) is 3.01. The van der Waals surface area contributed by atoms with Gasteiger partial charge in [-0.15, -0.1) is 0 Å². The lowest BCUT2D eigenvalue weighted by Crippen LogP contribution is -1.96. The Hall–Kier alpha value is -2.45.